The van der Waals surface area contributed by atoms with Gasteiger partial charge in [-0.2, -0.15) is 0 Å². The smallest absolute Gasteiger partial charge is 0.193 e. The summed E-state index contributed by atoms with van der Waals surface area (Å²) in [6, 6.07) is 20.6. The molecule has 3 aromatic carbocycles. The van der Waals surface area contributed by atoms with E-state index in [4.69, 9.17) is 12.0 Å². The molecule has 0 atom stereocenters. The number of carbonyl (C=O) groups excluding carboxylic acids is 2. The number of fused-ring (bicyclic) bond motifs is 3. The van der Waals surface area contributed by atoms with Crippen molar-refractivity contribution in [3.63, 3.8) is 0 Å². The average Bonchev–Trinajstić information content (AvgIpc) is 3.09. The predicted molar refractivity (Wildman–Crippen MR) is 124 cm³/mol. The molecule has 4 heteroatoms. The number of Topliss-reactive ketones (excluding diaryl/α,β-unsaturated/α-hetero) is 1. The molecule has 4 rings (SSSR count). The van der Waals surface area contributed by atoms with Crippen molar-refractivity contribution in [2.45, 2.75) is 19.9 Å². The standard InChI is InChI=1S/C27H21N2O2/c1-3-4-14-29-25-12-10-20(24(28)15-18(2)30)16-22(25)23-17-21(11-13-26(23)29)27(31)19-8-6-5-7-9-19/h1,4-13,16-17,28H,14-15H2,2H3. The molecule has 0 bridgehead atoms. The van der Waals surface area contributed by atoms with Gasteiger partial charge in [0.15, 0.2) is 5.78 Å². The highest BCUT2D eigenvalue weighted by molar-refractivity contribution is 6.17. The molecular weight excluding hydrogens is 384 g/mol. The van der Waals surface area contributed by atoms with Gasteiger partial charge in [0, 0.05) is 51.6 Å². The molecule has 4 nitrogen and oxygen atoms in total. The Bertz CT molecular complexity index is 1390. The van der Waals surface area contributed by atoms with Crippen molar-refractivity contribution in [2.24, 2.45) is 0 Å². The van der Waals surface area contributed by atoms with Gasteiger partial charge in [-0.15, -0.1) is 5.73 Å². The first kappa shape index (κ1) is 20.3. The average molecular weight is 405 g/mol. The largest absolute Gasteiger partial charge is 0.336 e. The van der Waals surface area contributed by atoms with Crippen LogP contribution in [0.1, 0.15) is 34.8 Å². The lowest BCUT2D eigenvalue weighted by molar-refractivity contribution is -0.115. The van der Waals surface area contributed by atoms with Crippen LogP contribution in [-0.4, -0.2) is 21.8 Å². The molecule has 0 unspecified atom stereocenters. The summed E-state index contributed by atoms with van der Waals surface area (Å²) in [7, 11) is 0. The van der Waals surface area contributed by atoms with Crippen LogP contribution in [0.4, 0.5) is 0 Å². The highest BCUT2D eigenvalue weighted by Gasteiger charge is 2.16. The van der Waals surface area contributed by atoms with Crippen molar-refractivity contribution >= 4 is 39.1 Å². The van der Waals surface area contributed by atoms with E-state index in [0.29, 0.717) is 23.2 Å². The summed E-state index contributed by atoms with van der Waals surface area (Å²) in [6.07, 6.45) is 1.83. The number of ketones is 2. The number of carbonyl (C=O) groups is 2. The van der Waals surface area contributed by atoms with E-state index in [0.717, 1.165) is 21.8 Å². The first-order chi connectivity index (χ1) is 15.0. The maximum atomic E-state index is 13.0. The third-order valence-corrected chi connectivity index (χ3v) is 5.33. The molecule has 0 aliphatic rings. The van der Waals surface area contributed by atoms with E-state index in [-0.39, 0.29) is 23.7 Å². The fourth-order valence-corrected chi connectivity index (χ4v) is 3.88. The van der Waals surface area contributed by atoms with E-state index in [9.17, 15) is 9.59 Å². The summed E-state index contributed by atoms with van der Waals surface area (Å²) >= 11 is 0. The van der Waals surface area contributed by atoms with E-state index in [1.165, 1.54) is 6.92 Å². The fraction of sp³-hybridized carbons (Fsp3) is 0.111. The first-order valence-corrected chi connectivity index (χ1v) is 10.0. The molecule has 0 amide bonds. The van der Waals surface area contributed by atoms with Crippen LogP contribution >= 0.6 is 0 Å². The van der Waals surface area contributed by atoms with Crippen molar-refractivity contribution in [2.75, 3.05) is 0 Å². The number of nitrogens with one attached hydrogen (secondary N) is 1. The highest BCUT2D eigenvalue weighted by Crippen LogP contribution is 2.31. The summed E-state index contributed by atoms with van der Waals surface area (Å²) in [4.78, 5) is 24.5. The number of allylic oxidation sites excluding steroid dienone is 1. The number of aromatic nitrogens is 1. The number of nitrogens with zero attached hydrogens (tertiary/aromatic N) is 1. The van der Waals surface area contributed by atoms with Gasteiger partial charge in [-0.1, -0.05) is 36.4 Å². The number of hydrogen-bond acceptors (Lipinski definition) is 3. The second-order valence-electron chi connectivity index (χ2n) is 7.50. The minimum absolute atomic E-state index is 0.0425. The molecule has 4 aromatic rings. The Kier molecular flexibility index (Phi) is 5.48. The number of hydrogen-bond donors (Lipinski definition) is 1. The lowest BCUT2D eigenvalue weighted by atomic mass is 9.99. The third-order valence-electron chi connectivity index (χ3n) is 5.33. The summed E-state index contributed by atoms with van der Waals surface area (Å²) in [5.41, 5.74) is 6.70. The topological polar surface area (TPSA) is 62.9 Å². The Balaban J connectivity index is 1.92. The molecule has 31 heavy (non-hydrogen) atoms. The molecule has 0 saturated carbocycles. The number of benzene rings is 3. The van der Waals surface area contributed by atoms with E-state index in [1.807, 2.05) is 54.6 Å². The summed E-state index contributed by atoms with van der Waals surface area (Å²) in [5.74, 6) is -0.0917. The van der Waals surface area contributed by atoms with Gasteiger partial charge >= 0.3 is 0 Å². The Labute approximate surface area is 180 Å². The van der Waals surface area contributed by atoms with E-state index >= 15 is 0 Å². The summed E-state index contributed by atoms with van der Waals surface area (Å²) in [5, 5.41) is 10.1. The maximum Gasteiger partial charge on any atom is 0.193 e. The van der Waals surface area contributed by atoms with Crippen LogP contribution in [0.15, 0.2) is 78.5 Å². The zero-order valence-corrected chi connectivity index (χ0v) is 17.2. The van der Waals surface area contributed by atoms with Gasteiger partial charge in [0.25, 0.3) is 0 Å². The first-order valence-electron chi connectivity index (χ1n) is 10.0. The monoisotopic (exact) mass is 405 g/mol. The van der Waals surface area contributed by atoms with Crippen molar-refractivity contribution in [3.8, 4) is 0 Å². The molecule has 1 heterocycles. The Morgan fingerprint density at radius 3 is 2.16 bits per heavy atom. The Hall–Kier alpha value is -4.01. The second kappa shape index (κ2) is 8.39. The molecule has 0 aliphatic heterocycles. The lowest BCUT2D eigenvalue weighted by Crippen LogP contribution is -2.04. The molecule has 1 aromatic heterocycles. The lowest BCUT2D eigenvalue weighted by Gasteiger charge is -2.05. The van der Waals surface area contributed by atoms with E-state index in [2.05, 4.69) is 10.3 Å². The van der Waals surface area contributed by atoms with Gasteiger partial charge in [0.1, 0.15) is 5.78 Å². The van der Waals surface area contributed by atoms with Crippen molar-refractivity contribution in [3.05, 3.63) is 102 Å². The Morgan fingerprint density at radius 2 is 1.55 bits per heavy atom. The molecule has 0 aliphatic carbocycles. The van der Waals surface area contributed by atoms with Gasteiger partial charge in [0.05, 0.1) is 0 Å². The van der Waals surface area contributed by atoms with Gasteiger partial charge in [-0.3, -0.25) is 9.59 Å². The van der Waals surface area contributed by atoms with Crippen molar-refractivity contribution in [1.29, 1.82) is 5.41 Å². The van der Waals surface area contributed by atoms with Crippen LogP contribution in [0.5, 0.6) is 0 Å². The summed E-state index contributed by atoms with van der Waals surface area (Å²) in [6.45, 7) is 7.46. The zero-order valence-electron chi connectivity index (χ0n) is 17.2. The zero-order chi connectivity index (χ0) is 22.0. The molecular formula is C27H21N2O2. The minimum Gasteiger partial charge on any atom is -0.336 e. The molecule has 1 radical (unpaired) electrons. The summed E-state index contributed by atoms with van der Waals surface area (Å²) < 4.78 is 2.10. The Morgan fingerprint density at radius 1 is 0.935 bits per heavy atom. The number of rotatable bonds is 7. The SMILES string of the molecule is [CH]=C=CCn1c2ccc(C(=N)CC(C)=O)cc2c2cc(C(=O)c3ccccc3)ccc21. The third kappa shape index (κ3) is 3.89. The molecule has 0 fully saturated rings. The van der Waals surface area contributed by atoms with Crippen molar-refractivity contribution < 1.29 is 9.59 Å². The van der Waals surface area contributed by atoms with Crippen molar-refractivity contribution in [1.82, 2.24) is 4.57 Å². The normalized spacial score (nSPS) is 10.7. The van der Waals surface area contributed by atoms with Crippen LogP contribution in [-0.2, 0) is 11.3 Å². The van der Waals surface area contributed by atoms with Gasteiger partial charge < -0.3 is 9.98 Å². The van der Waals surface area contributed by atoms with Gasteiger partial charge in [-0.05, 0) is 55.5 Å². The molecule has 0 spiro atoms. The van der Waals surface area contributed by atoms with Crippen LogP contribution < -0.4 is 0 Å². The van der Waals surface area contributed by atoms with Crippen LogP contribution in [0.3, 0.4) is 0 Å². The van der Waals surface area contributed by atoms with E-state index < -0.39 is 0 Å². The quantitative estimate of drug-likeness (QED) is 0.250. The second-order valence-corrected chi connectivity index (χ2v) is 7.50. The van der Waals surface area contributed by atoms with E-state index in [1.54, 1.807) is 18.2 Å². The maximum absolute atomic E-state index is 13.0. The van der Waals surface area contributed by atoms with Crippen LogP contribution in [0, 0.1) is 12.0 Å². The van der Waals surface area contributed by atoms with Gasteiger partial charge in [0.2, 0.25) is 0 Å². The molecule has 151 valence electrons. The highest BCUT2D eigenvalue weighted by atomic mass is 16.1. The molecule has 1 N–H and O–H groups in total. The van der Waals surface area contributed by atoms with Crippen LogP contribution in [0.2, 0.25) is 0 Å². The fourth-order valence-electron chi connectivity index (χ4n) is 3.88. The molecule has 0 saturated heterocycles. The predicted octanol–water partition coefficient (Wildman–Crippen LogP) is 5.52. The van der Waals surface area contributed by atoms with Gasteiger partial charge in [-0.25, -0.2) is 0 Å². The van der Waals surface area contributed by atoms with Crippen LogP contribution in [0.25, 0.3) is 21.8 Å². The minimum atomic E-state index is -0.0492.